The third kappa shape index (κ3) is 13.5. The highest BCUT2D eigenvalue weighted by molar-refractivity contribution is 4.72. The molecule has 0 aromatic heterocycles. The molecule has 4 nitrogen and oxygen atoms in total. The highest BCUT2D eigenvalue weighted by atomic mass is 16.3. The van der Waals surface area contributed by atoms with Crippen LogP contribution in [0.1, 0.15) is 90.4 Å². The second-order valence-corrected chi connectivity index (χ2v) is 6.62. The Morgan fingerprint density at radius 1 is 0.727 bits per heavy atom. The Balaban J connectivity index is 3.30. The van der Waals surface area contributed by atoms with Crippen LogP contribution in [0, 0.1) is 0 Å². The van der Waals surface area contributed by atoms with Crippen molar-refractivity contribution in [3.8, 4) is 0 Å². The van der Waals surface area contributed by atoms with Crippen LogP contribution in [0.3, 0.4) is 0 Å². The lowest BCUT2D eigenvalue weighted by atomic mass is 10.0. The molecule has 0 aliphatic rings. The molecule has 0 aromatic rings. The average Bonchev–Trinajstić information content (AvgIpc) is 2.53. The molecule has 0 saturated heterocycles. The van der Waals surface area contributed by atoms with Crippen LogP contribution >= 0.6 is 0 Å². The Labute approximate surface area is 137 Å². The number of rotatable bonds is 16. The van der Waals surface area contributed by atoms with E-state index in [2.05, 4.69) is 6.92 Å². The molecule has 22 heavy (non-hydrogen) atoms. The van der Waals surface area contributed by atoms with Gasteiger partial charge in [-0.1, -0.05) is 71.1 Å². The summed E-state index contributed by atoms with van der Waals surface area (Å²) in [6.45, 7) is 2.03. The van der Waals surface area contributed by atoms with E-state index in [1.807, 2.05) is 0 Å². The predicted molar refractivity (Wildman–Crippen MR) is 92.8 cm³/mol. The van der Waals surface area contributed by atoms with Gasteiger partial charge in [0.25, 0.3) is 0 Å². The van der Waals surface area contributed by atoms with Gasteiger partial charge in [0.2, 0.25) is 0 Å². The Hall–Kier alpha value is -0.160. The SMILES string of the molecule is CCCCCCCCCCCC[C@@H](O)CC[C@@H](O)[C@H](N)CO. The summed E-state index contributed by atoms with van der Waals surface area (Å²) in [6.07, 6.45) is 13.7. The van der Waals surface area contributed by atoms with Gasteiger partial charge in [-0.25, -0.2) is 0 Å². The fraction of sp³-hybridized carbons (Fsp3) is 1.00. The fourth-order valence-electron chi connectivity index (χ4n) is 2.71. The topological polar surface area (TPSA) is 86.7 Å². The second kappa shape index (κ2) is 15.7. The summed E-state index contributed by atoms with van der Waals surface area (Å²) < 4.78 is 0. The first kappa shape index (κ1) is 21.8. The van der Waals surface area contributed by atoms with Crippen LogP contribution in [0.4, 0.5) is 0 Å². The molecule has 0 radical (unpaired) electrons. The summed E-state index contributed by atoms with van der Waals surface area (Å²) in [7, 11) is 0. The van der Waals surface area contributed by atoms with E-state index in [-0.39, 0.29) is 12.7 Å². The van der Waals surface area contributed by atoms with E-state index in [0.717, 1.165) is 12.8 Å². The van der Waals surface area contributed by atoms with E-state index in [1.54, 1.807) is 0 Å². The monoisotopic (exact) mass is 317 g/mol. The van der Waals surface area contributed by atoms with Crippen molar-refractivity contribution in [1.29, 1.82) is 0 Å². The summed E-state index contributed by atoms with van der Waals surface area (Å²) in [5, 5.41) is 28.3. The van der Waals surface area contributed by atoms with Gasteiger partial charge in [-0.15, -0.1) is 0 Å². The minimum absolute atomic E-state index is 0.213. The lowest BCUT2D eigenvalue weighted by Gasteiger charge is -2.18. The Morgan fingerprint density at radius 3 is 1.73 bits per heavy atom. The molecule has 4 heteroatoms. The minimum atomic E-state index is -0.715. The van der Waals surface area contributed by atoms with E-state index in [0.29, 0.717) is 12.8 Å². The number of nitrogens with two attached hydrogens (primary N) is 1. The molecular weight excluding hydrogens is 278 g/mol. The normalized spacial score (nSPS) is 15.7. The van der Waals surface area contributed by atoms with E-state index in [1.165, 1.54) is 57.8 Å². The summed E-state index contributed by atoms with van der Waals surface area (Å²) in [5.41, 5.74) is 5.53. The predicted octanol–water partition coefficient (Wildman–Crippen LogP) is 3.12. The standard InChI is InChI=1S/C18H39NO3/c1-2-3-4-5-6-7-8-9-10-11-12-16(21)13-14-18(22)17(19)15-20/h16-18,20-22H,2-15,19H2,1H3/t16-,17-,18-/m1/s1. The van der Waals surface area contributed by atoms with Crippen molar-refractivity contribution in [2.75, 3.05) is 6.61 Å². The van der Waals surface area contributed by atoms with Crippen LogP contribution in [0.25, 0.3) is 0 Å². The van der Waals surface area contributed by atoms with Gasteiger partial charge in [0.05, 0.1) is 24.9 Å². The van der Waals surface area contributed by atoms with Gasteiger partial charge < -0.3 is 21.1 Å². The lowest BCUT2D eigenvalue weighted by Crippen LogP contribution is -2.38. The largest absolute Gasteiger partial charge is 0.395 e. The van der Waals surface area contributed by atoms with Crippen molar-refractivity contribution in [1.82, 2.24) is 0 Å². The lowest BCUT2D eigenvalue weighted by molar-refractivity contribution is 0.0753. The zero-order valence-corrected chi connectivity index (χ0v) is 14.6. The second-order valence-electron chi connectivity index (χ2n) is 6.62. The van der Waals surface area contributed by atoms with Crippen molar-refractivity contribution in [3.05, 3.63) is 0 Å². The number of aliphatic hydroxyl groups excluding tert-OH is 3. The summed E-state index contributed by atoms with van der Waals surface area (Å²) in [4.78, 5) is 0. The third-order valence-electron chi connectivity index (χ3n) is 4.39. The van der Waals surface area contributed by atoms with Crippen LogP contribution in [-0.2, 0) is 0 Å². The molecule has 0 spiro atoms. The molecule has 0 unspecified atom stereocenters. The zero-order chi connectivity index (χ0) is 16.6. The summed E-state index contributed by atoms with van der Waals surface area (Å²) >= 11 is 0. The Kier molecular flexibility index (Phi) is 15.6. The van der Waals surface area contributed by atoms with Crippen LogP contribution in [0.2, 0.25) is 0 Å². The molecule has 5 N–H and O–H groups in total. The number of hydrogen-bond donors (Lipinski definition) is 4. The molecule has 0 aliphatic carbocycles. The molecule has 0 amide bonds. The van der Waals surface area contributed by atoms with Gasteiger partial charge in [-0.2, -0.15) is 0 Å². The van der Waals surface area contributed by atoms with Gasteiger partial charge >= 0.3 is 0 Å². The van der Waals surface area contributed by atoms with Gasteiger partial charge in [-0.3, -0.25) is 0 Å². The van der Waals surface area contributed by atoms with Gasteiger partial charge in [0.15, 0.2) is 0 Å². The van der Waals surface area contributed by atoms with Gasteiger partial charge in [0, 0.05) is 0 Å². The smallest absolute Gasteiger partial charge is 0.0714 e. The molecule has 3 atom stereocenters. The molecular formula is C18H39NO3. The van der Waals surface area contributed by atoms with Crippen LogP contribution in [0.15, 0.2) is 0 Å². The zero-order valence-electron chi connectivity index (χ0n) is 14.6. The molecule has 0 aliphatic heterocycles. The molecule has 0 bridgehead atoms. The molecule has 0 aromatic carbocycles. The van der Waals surface area contributed by atoms with Crippen molar-refractivity contribution in [3.63, 3.8) is 0 Å². The highest BCUT2D eigenvalue weighted by Crippen LogP contribution is 2.14. The number of unbranched alkanes of at least 4 members (excludes halogenated alkanes) is 9. The Morgan fingerprint density at radius 2 is 1.23 bits per heavy atom. The Bertz CT molecular complexity index is 226. The molecule has 0 heterocycles. The van der Waals surface area contributed by atoms with Crippen molar-refractivity contribution in [2.45, 2.75) is 109 Å². The van der Waals surface area contributed by atoms with Crippen molar-refractivity contribution in [2.24, 2.45) is 5.73 Å². The van der Waals surface area contributed by atoms with E-state index >= 15 is 0 Å². The number of hydrogen-bond acceptors (Lipinski definition) is 4. The average molecular weight is 318 g/mol. The van der Waals surface area contributed by atoms with Gasteiger partial charge in [-0.05, 0) is 19.3 Å². The van der Waals surface area contributed by atoms with E-state index in [9.17, 15) is 10.2 Å². The van der Waals surface area contributed by atoms with Gasteiger partial charge in [0.1, 0.15) is 0 Å². The quantitative estimate of drug-likeness (QED) is 0.329. The first-order chi connectivity index (χ1) is 10.6. The van der Waals surface area contributed by atoms with Crippen LogP contribution in [0.5, 0.6) is 0 Å². The highest BCUT2D eigenvalue weighted by Gasteiger charge is 2.15. The number of aliphatic hydroxyl groups is 3. The summed E-state index contributed by atoms with van der Waals surface area (Å²) in [5.74, 6) is 0. The maximum absolute atomic E-state index is 9.86. The van der Waals surface area contributed by atoms with Crippen molar-refractivity contribution >= 4 is 0 Å². The van der Waals surface area contributed by atoms with E-state index < -0.39 is 12.1 Å². The molecule has 0 rings (SSSR count). The fourth-order valence-corrected chi connectivity index (χ4v) is 2.71. The van der Waals surface area contributed by atoms with Crippen LogP contribution in [-0.4, -0.2) is 40.2 Å². The maximum atomic E-state index is 9.86. The third-order valence-corrected chi connectivity index (χ3v) is 4.39. The van der Waals surface area contributed by atoms with Crippen molar-refractivity contribution < 1.29 is 15.3 Å². The first-order valence-electron chi connectivity index (χ1n) is 9.34. The minimum Gasteiger partial charge on any atom is -0.395 e. The molecule has 134 valence electrons. The van der Waals surface area contributed by atoms with E-state index in [4.69, 9.17) is 10.8 Å². The summed E-state index contributed by atoms with van der Waals surface area (Å²) in [6, 6.07) is -0.593. The van der Waals surface area contributed by atoms with Crippen LogP contribution < -0.4 is 5.73 Å². The first-order valence-corrected chi connectivity index (χ1v) is 9.34. The maximum Gasteiger partial charge on any atom is 0.0714 e. The molecule has 0 fully saturated rings. The molecule has 0 saturated carbocycles.